The molecule has 1 saturated heterocycles. The highest BCUT2D eigenvalue weighted by Crippen LogP contribution is 2.42. The molecule has 0 aromatic carbocycles. The number of piperidine rings is 1. The maximum Gasteiger partial charge on any atom is 0.0746 e. The molecule has 2 nitrogen and oxygen atoms in total. The van der Waals surface area contributed by atoms with Gasteiger partial charge in [0.2, 0.25) is 0 Å². The van der Waals surface area contributed by atoms with E-state index in [2.05, 4.69) is 18.7 Å². The Morgan fingerprint density at radius 2 is 1.58 bits per heavy atom. The highest BCUT2D eigenvalue weighted by molar-refractivity contribution is 4.98. The molecule has 3 rings (SSSR count). The number of fused-ring (bicyclic) bond motifs is 1. The maximum absolute atomic E-state index is 10.8. The van der Waals surface area contributed by atoms with E-state index in [0.717, 1.165) is 12.0 Å². The highest BCUT2D eigenvalue weighted by Gasteiger charge is 2.44. The summed E-state index contributed by atoms with van der Waals surface area (Å²) in [6, 6.07) is 1.23. The second-order valence-electron chi connectivity index (χ2n) is 7.88. The third-order valence-corrected chi connectivity index (χ3v) is 6.20. The molecule has 0 aromatic heterocycles. The first-order chi connectivity index (χ1) is 9.09. The van der Waals surface area contributed by atoms with Crippen molar-refractivity contribution in [1.29, 1.82) is 0 Å². The zero-order valence-electron chi connectivity index (χ0n) is 12.8. The van der Waals surface area contributed by atoms with Crippen molar-refractivity contribution in [2.45, 2.75) is 89.8 Å². The first kappa shape index (κ1) is 13.9. The summed E-state index contributed by atoms with van der Waals surface area (Å²) in [6.45, 7) is 5.75. The number of aliphatic hydroxyl groups is 1. The van der Waals surface area contributed by atoms with Crippen molar-refractivity contribution in [2.75, 3.05) is 6.54 Å². The normalized spacial score (nSPS) is 43.7. The smallest absolute Gasteiger partial charge is 0.0746 e. The number of nitrogens with zero attached hydrogens (tertiary/aromatic N) is 1. The van der Waals surface area contributed by atoms with Crippen LogP contribution in [0.15, 0.2) is 0 Å². The van der Waals surface area contributed by atoms with Gasteiger partial charge in [0.25, 0.3) is 0 Å². The molecule has 0 spiro atoms. The van der Waals surface area contributed by atoms with E-state index in [4.69, 9.17) is 0 Å². The molecule has 4 unspecified atom stereocenters. The minimum absolute atomic E-state index is 0.116. The number of aliphatic hydroxyl groups excluding tert-OH is 1. The zero-order valence-corrected chi connectivity index (χ0v) is 12.8. The third-order valence-electron chi connectivity index (χ3n) is 6.20. The summed E-state index contributed by atoms with van der Waals surface area (Å²) < 4.78 is 0. The van der Waals surface area contributed by atoms with Crippen molar-refractivity contribution in [3.63, 3.8) is 0 Å². The van der Waals surface area contributed by atoms with E-state index in [1.54, 1.807) is 0 Å². The van der Waals surface area contributed by atoms with Gasteiger partial charge in [-0.2, -0.15) is 0 Å². The summed E-state index contributed by atoms with van der Waals surface area (Å²) in [5, 5.41) is 10.8. The Morgan fingerprint density at radius 1 is 0.895 bits per heavy atom. The van der Waals surface area contributed by atoms with Gasteiger partial charge in [0.05, 0.1) is 6.10 Å². The van der Waals surface area contributed by atoms with Gasteiger partial charge in [0.1, 0.15) is 0 Å². The molecule has 1 heterocycles. The standard InChI is InChI=1S/C17H31NO/c1-17(2)11-5-10-15(16(17)19)18-12-6-8-13-7-3-4-9-14(13)18/h13-16,19H,3-12H2,1-2H3. The van der Waals surface area contributed by atoms with Gasteiger partial charge in [-0.1, -0.05) is 33.1 Å². The molecule has 2 aliphatic carbocycles. The van der Waals surface area contributed by atoms with Gasteiger partial charge >= 0.3 is 0 Å². The molecule has 0 bridgehead atoms. The average molecular weight is 265 g/mol. The van der Waals surface area contributed by atoms with E-state index in [-0.39, 0.29) is 11.5 Å². The summed E-state index contributed by atoms with van der Waals surface area (Å²) in [7, 11) is 0. The van der Waals surface area contributed by atoms with E-state index in [1.165, 1.54) is 64.3 Å². The van der Waals surface area contributed by atoms with Crippen LogP contribution in [-0.4, -0.2) is 34.7 Å². The van der Waals surface area contributed by atoms with Crippen molar-refractivity contribution in [3.05, 3.63) is 0 Å². The van der Waals surface area contributed by atoms with Crippen LogP contribution in [0.1, 0.15) is 71.6 Å². The molecule has 2 saturated carbocycles. The molecule has 3 aliphatic rings. The summed E-state index contributed by atoms with van der Waals surface area (Å²) >= 11 is 0. The van der Waals surface area contributed by atoms with Gasteiger partial charge in [-0.05, 0) is 56.4 Å². The van der Waals surface area contributed by atoms with Gasteiger partial charge < -0.3 is 5.11 Å². The molecule has 4 atom stereocenters. The van der Waals surface area contributed by atoms with Crippen molar-refractivity contribution in [1.82, 2.24) is 4.90 Å². The summed E-state index contributed by atoms with van der Waals surface area (Å²) in [5.74, 6) is 0.930. The van der Waals surface area contributed by atoms with Gasteiger partial charge in [-0.3, -0.25) is 4.90 Å². The number of rotatable bonds is 1. The largest absolute Gasteiger partial charge is 0.391 e. The fourth-order valence-corrected chi connectivity index (χ4v) is 5.02. The lowest BCUT2D eigenvalue weighted by atomic mass is 9.70. The molecule has 1 N–H and O–H groups in total. The monoisotopic (exact) mass is 265 g/mol. The van der Waals surface area contributed by atoms with Crippen LogP contribution in [0.5, 0.6) is 0 Å². The zero-order chi connectivity index (χ0) is 13.5. The van der Waals surface area contributed by atoms with E-state index in [9.17, 15) is 5.11 Å². The molecular weight excluding hydrogens is 234 g/mol. The maximum atomic E-state index is 10.8. The lowest BCUT2D eigenvalue weighted by molar-refractivity contribution is -0.0912. The molecule has 2 heteroatoms. The molecule has 0 aromatic rings. The van der Waals surface area contributed by atoms with Crippen LogP contribution in [0, 0.1) is 11.3 Å². The number of likely N-dealkylation sites (tertiary alicyclic amines) is 1. The lowest BCUT2D eigenvalue weighted by Crippen LogP contribution is -2.59. The van der Waals surface area contributed by atoms with E-state index in [1.807, 2.05) is 0 Å². The van der Waals surface area contributed by atoms with Gasteiger partial charge in [-0.25, -0.2) is 0 Å². The number of hydrogen-bond donors (Lipinski definition) is 1. The van der Waals surface area contributed by atoms with Crippen LogP contribution >= 0.6 is 0 Å². The van der Waals surface area contributed by atoms with Crippen molar-refractivity contribution >= 4 is 0 Å². The van der Waals surface area contributed by atoms with Gasteiger partial charge in [0.15, 0.2) is 0 Å². The van der Waals surface area contributed by atoms with E-state index >= 15 is 0 Å². The first-order valence-corrected chi connectivity index (χ1v) is 8.53. The van der Waals surface area contributed by atoms with Crippen LogP contribution in [-0.2, 0) is 0 Å². The molecule has 110 valence electrons. The second kappa shape index (κ2) is 5.37. The Balaban J connectivity index is 1.76. The second-order valence-corrected chi connectivity index (χ2v) is 7.88. The van der Waals surface area contributed by atoms with Crippen molar-refractivity contribution in [3.8, 4) is 0 Å². The van der Waals surface area contributed by atoms with Crippen LogP contribution in [0.4, 0.5) is 0 Å². The topological polar surface area (TPSA) is 23.5 Å². The Bertz CT molecular complexity index is 312. The predicted molar refractivity (Wildman–Crippen MR) is 79.1 cm³/mol. The van der Waals surface area contributed by atoms with E-state index in [0.29, 0.717) is 6.04 Å². The van der Waals surface area contributed by atoms with Crippen LogP contribution in [0.3, 0.4) is 0 Å². The molecule has 1 aliphatic heterocycles. The van der Waals surface area contributed by atoms with E-state index < -0.39 is 0 Å². The predicted octanol–water partition coefficient (Wildman–Crippen LogP) is 3.58. The fourth-order valence-electron chi connectivity index (χ4n) is 5.02. The minimum Gasteiger partial charge on any atom is -0.391 e. The molecule has 19 heavy (non-hydrogen) atoms. The fraction of sp³-hybridized carbons (Fsp3) is 1.00. The molecular formula is C17H31NO. The minimum atomic E-state index is -0.123. The molecule has 0 radical (unpaired) electrons. The quantitative estimate of drug-likeness (QED) is 0.783. The summed E-state index contributed by atoms with van der Waals surface area (Å²) in [5.41, 5.74) is 0.116. The first-order valence-electron chi connectivity index (χ1n) is 8.53. The van der Waals surface area contributed by atoms with Crippen molar-refractivity contribution in [2.24, 2.45) is 11.3 Å². The lowest BCUT2D eigenvalue weighted by Gasteiger charge is -2.52. The van der Waals surface area contributed by atoms with Crippen LogP contribution < -0.4 is 0 Å². The van der Waals surface area contributed by atoms with Crippen molar-refractivity contribution < 1.29 is 5.11 Å². The SMILES string of the molecule is CC1(C)CCCC(N2CCCC3CCCCC32)C1O. The molecule has 0 amide bonds. The summed E-state index contributed by atoms with van der Waals surface area (Å²) in [6.07, 6.45) is 12.0. The Kier molecular flexibility index (Phi) is 3.92. The van der Waals surface area contributed by atoms with Gasteiger partial charge in [-0.15, -0.1) is 0 Å². The Labute approximate surface area is 118 Å². The highest BCUT2D eigenvalue weighted by atomic mass is 16.3. The third kappa shape index (κ3) is 2.58. The van der Waals surface area contributed by atoms with Crippen LogP contribution in [0.25, 0.3) is 0 Å². The average Bonchev–Trinajstić information content (AvgIpc) is 2.41. The van der Waals surface area contributed by atoms with Gasteiger partial charge in [0, 0.05) is 12.1 Å². The summed E-state index contributed by atoms with van der Waals surface area (Å²) in [4.78, 5) is 2.74. The van der Waals surface area contributed by atoms with Crippen LogP contribution in [0.2, 0.25) is 0 Å². The Morgan fingerprint density at radius 3 is 2.42 bits per heavy atom. The Hall–Kier alpha value is -0.0800. The number of hydrogen-bond acceptors (Lipinski definition) is 2. The molecule has 3 fully saturated rings.